The van der Waals surface area contributed by atoms with E-state index < -0.39 is 0 Å². The van der Waals surface area contributed by atoms with Crippen LogP contribution in [0, 0.1) is 11.3 Å². The molecule has 0 heterocycles. The van der Waals surface area contributed by atoms with Gasteiger partial charge in [0.05, 0.1) is 6.42 Å². The SMILES string of the molecule is CC1C(=O)CC(=O)CCCCCCCC1(C)C. The van der Waals surface area contributed by atoms with Gasteiger partial charge in [0.15, 0.2) is 0 Å². The number of rotatable bonds is 0. The third kappa shape index (κ3) is 4.61. The van der Waals surface area contributed by atoms with Crippen LogP contribution in [0.1, 0.15) is 72.1 Å². The Hall–Kier alpha value is -0.660. The average Bonchev–Trinajstić information content (AvgIpc) is 2.25. The molecule has 1 rings (SSSR count). The largest absolute Gasteiger partial charge is 0.299 e. The maximum Gasteiger partial charge on any atom is 0.143 e. The topological polar surface area (TPSA) is 34.1 Å². The predicted octanol–water partition coefficient (Wildman–Crippen LogP) is 3.92. The Balaban J connectivity index is 2.67. The Morgan fingerprint density at radius 2 is 1.59 bits per heavy atom. The van der Waals surface area contributed by atoms with Gasteiger partial charge in [0.25, 0.3) is 0 Å². The summed E-state index contributed by atoms with van der Waals surface area (Å²) in [5.74, 6) is 0.282. The normalized spacial score (nSPS) is 28.3. The summed E-state index contributed by atoms with van der Waals surface area (Å²) < 4.78 is 0. The fraction of sp³-hybridized carbons (Fsp3) is 0.867. The molecule has 0 spiro atoms. The minimum atomic E-state index is 0.00544. The van der Waals surface area contributed by atoms with E-state index in [9.17, 15) is 9.59 Å². The molecule has 0 aromatic heterocycles. The van der Waals surface area contributed by atoms with Crippen molar-refractivity contribution in [3.05, 3.63) is 0 Å². The van der Waals surface area contributed by atoms with Crippen molar-refractivity contribution in [3.8, 4) is 0 Å². The molecule has 0 amide bonds. The number of carbonyl (C=O) groups is 2. The first-order valence-corrected chi connectivity index (χ1v) is 6.98. The number of Topliss-reactive ketones (excluding diaryl/α,β-unsaturated/α-hetero) is 2. The van der Waals surface area contributed by atoms with E-state index in [4.69, 9.17) is 0 Å². The van der Waals surface area contributed by atoms with Gasteiger partial charge in [0, 0.05) is 12.3 Å². The molecule has 1 fully saturated rings. The first kappa shape index (κ1) is 14.4. The Morgan fingerprint density at radius 1 is 1.00 bits per heavy atom. The summed E-state index contributed by atoms with van der Waals surface area (Å²) in [4.78, 5) is 23.7. The van der Waals surface area contributed by atoms with Gasteiger partial charge in [-0.1, -0.05) is 46.5 Å². The summed E-state index contributed by atoms with van der Waals surface area (Å²) in [6, 6.07) is 0. The molecule has 1 saturated carbocycles. The minimum absolute atomic E-state index is 0.00544. The van der Waals surface area contributed by atoms with Crippen LogP contribution in [0.2, 0.25) is 0 Å². The Kier molecular flexibility index (Phi) is 5.35. The third-order valence-electron chi connectivity index (χ3n) is 4.30. The number of carbonyl (C=O) groups excluding carboxylic acids is 2. The van der Waals surface area contributed by atoms with E-state index in [1.165, 1.54) is 19.3 Å². The molecule has 0 aromatic carbocycles. The first-order chi connectivity index (χ1) is 7.93. The molecule has 1 unspecified atom stereocenters. The second-order valence-electron chi connectivity index (χ2n) is 6.16. The van der Waals surface area contributed by atoms with Gasteiger partial charge in [-0.25, -0.2) is 0 Å². The van der Waals surface area contributed by atoms with Crippen molar-refractivity contribution in [1.29, 1.82) is 0 Å². The number of hydrogen-bond acceptors (Lipinski definition) is 2. The first-order valence-electron chi connectivity index (χ1n) is 6.98. The highest BCUT2D eigenvalue weighted by molar-refractivity contribution is 6.00. The lowest BCUT2D eigenvalue weighted by molar-refractivity contribution is -0.131. The number of hydrogen-bond donors (Lipinski definition) is 0. The molecule has 98 valence electrons. The lowest BCUT2D eigenvalue weighted by Gasteiger charge is -2.31. The second kappa shape index (κ2) is 6.32. The van der Waals surface area contributed by atoms with Gasteiger partial charge in [-0.2, -0.15) is 0 Å². The highest BCUT2D eigenvalue weighted by Gasteiger charge is 2.31. The van der Waals surface area contributed by atoms with Gasteiger partial charge in [-0.15, -0.1) is 0 Å². The van der Waals surface area contributed by atoms with Crippen LogP contribution in [0.4, 0.5) is 0 Å². The monoisotopic (exact) mass is 238 g/mol. The average molecular weight is 238 g/mol. The van der Waals surface area contributed by atoms with E-state index in [2.05, 4.69) is 13.8 Å². The number of ketones is 2. The molecule has 1 atom stereocenters. The quantitative estimate of drug-likeness (QED) is 0.599. The van der Waals surface area contributed by atoms with E-state index in [-0.39, 0.29) is 29.3 Å². The van der Waals surface area contributed by atoms with Crippen LogP contribution in [-0.2, 0) is 9.59 Å². The van der Waals surface area contributed by atoms with E-state index >= 15 is 0 Å². The predicted molar refractivity (Wildman–Crippen MR) is 69.9 cm³/mol. The summed E-state index contributed by atoms with van der Waals surface area (Å²) in [7, 11) is 0. The summed E-state index contributed by atoms with van der Waals surface area (Å²) in [5, 5.41) is 0. The van der Waals surface area contributed by atoms with Gasteiger partial charge < -0.3 is 0 Å². The van der Waals surface area contributed by atoms with Crippen LogP contribution in [0.25, 0.3) is 0 Å². The van der Waals surface area contributed by atoms with Crippen LogP contribution < -0.4 is 0 Å². The van der Waals surface area contributed by atoms with E-state index in [0.717, 1.165) is 19.3 Å². The Labute approximate surface area is 105 Å². The molecule has 0 saturated heterocycles. The van der Waals surface area contributed by atoms with Crippen molar-refractivity contribution >= 4 is 11.6 Å². The zero-order valence-electron chi connectivity index (χ0n) is 11.6. The minimum Gasteiger partial charge on any atom is -0.299 e. The van der Waals surface area contributed by atoms with Crippen molar-refractivity contribution in [2.75, 3.05) is 0 Å². The molecule has 0 radical (unpaired) electrons. The van der Waals surface area contributed by atoms with Crippen molar-refractivity contribution in [2.45, 2.75) is 72.1 Å². The van der Waals surface area contributed by atoms with E-state index in [1.807, 2.05) is 6.92 Å². The Bertz CT molecular complexity index is 279. The van der Waals surface area contributed by atoms with Crippen molar-refractivity contribution in [1.82, 2.24) is 0 Å². The molecule has 0 aromatic rings. The summed E-state index contributed by atoms with van der Waals surface area (Å²) in [6.07, 6.45) is 7.61. The van der Waals surface area contributed by atoms with Crippen LogP contribution in [0.15, 0.2) is 0 Å². The van der Waals surface area contributed by atoms with Gasteiger partial charge in [-0.05, 0) is 18.3 Å². The standard InChI is InChI=1S/C15H26O2/c1-12-14(17)11-13(16)9-7-5-4-6-8-10-15(12,2)3/h12H,4-11H2,1-3H3. The zero-order chi connectivity index (χ0) is 12.9. The zero-order valence-corrected chi connectivity index (χ0v) is 11.6. The van der Waals surface area contributed by atoms with Gasteiger partial charge in [-0.3, -0.25) is 9.59 Å². The molecule has 17 heavy (non-hydrogen) atoms. The van der Waals surface area contributed by atoms with Gasteiger partial charge >= 0.3 is 0 Å². The lowest BCUT2D eigenvalue weighted by Crippen LogP contribution is -2.30. The highest BCUT2D eigenvalue weighted by Crippen LogP contribution is 2.34. The molecule has 0 aliphatic heterocycles. The van der Waals surface area contributed by atoms with Crippen LogP contribution >= 0.6 is 0 Å². The molecular weight excluding hydrogens is 212 g/mol. The molecule has 1 aliphatic carbocycles. The third-order valence-corrected chi connectivity index (χ3v) is 4.30. The van der Waals surface area contributed by atoms with Crippen molar-refractivity contribution < 1.29 is 9.59 Å². The second-order valence-corrected chi connectivity index (χ2v) is 6.16. The molecule has 2 heteroatoms. The van der Waals surface area contributed by atoms with E-state index in [0.29, 0.717) is 6.42 Å². The highest BCUT2D eigenvalue weighted by atomic mass is 16.1. The van der Waals surface area contributed by atoms with Crippen molar-refractivity contribution in [2.24, 2.45) is 11.3 Å². The molecule has 0 bridgehead atoms. The summed E-state index contributed by atoms with van der Waals surface area (Å²) >= 11 is 0. The van der Waals surface area contributed by atoms with Crippen molar-refractivity contribution in [3.63, 3.8) is 0 Å². The molecule has 2 nitrogen and oxygen atoms in total. The van der Waals surface area contributed by atoms with Crippen LogP contribution in [-0.4, -0.2) is 11.6 Å². The molecule has 0 N–H and O–H groups in total. The summed E-state index contributed by atoms with van der Waals surface area (Å²) in [5.41, 5.74) is 0.0383. The summed E-state index contributed by atoms with van der Waals surface area (Å²) in [6.45, 7) is 6.30. The van der Waals surface area contributed by atoms with Gasteiger partial charge in [0.1, 0.15) is 11.6 Å². The van der Waals surface area contributed by atoms with Crippen LogP contribution in [0.3, 0.4) is 0 Å². The maximum atomic E-state index is 12.0. The van der Waals surface area contributed by atoms with E-state index in [1.54, 1.807) is 0 Å². The van der Waals surface area contributed by atoms with Gasteiger partial charge in [0.2, 0.25) is 0 Å². The smallest absolute Gasteiger partial charge is 0.143 e. The lowest BCUT2D eigenvalue weighted by atomic mass is 9.73. The molecular formula is C15H26O2. The van der Waals surface area contributed by atoms with Crippen LogP contribution in [0.5, 0.6) is 0 Å². The Morgan fingerprint density at radius 3 is 2.29 bits per heavy atom. The maximum absolute atomic E-state index is 12.0. The molecule has 1 aliphatic rings. The fourth-order valence-electron chi connectivity index (χ4n) is 2.52. The fourth-order valence-corrected chi connectivity index (χ4v) is 2.52.